The lowest BCUT2D eigenvalue weighted by Crippen LogP contribution is -3.12. The Hall–Kier alpha value is -2.08. The van der Waals surface area contributed by atoms with Crippen molar-refractivity contribution in [3.63, 3.8) is 0 Å². The second-order valence-corrected chi connectivity index (χ2v) is 5.67. The molecule has 1 aliphatic heterocycles. The van der Waals surface area contributed by atoms with Gasteiger partial charge in [-0.3, -0.25) is 9.59 Å². The minimum absolute atomic E-state index is 0.0273. The number of nitrogens with one attached hydrogen (secondary N) is 2. The smallest absolute Gasteiger partial charge is 0.258 e. The molecule has 1 fully saturated rings. The Morgan fingerprint density at radius 2 is 1.91 bits per heavy atom. The summed E-state index contributed by atoms with van der Waals surface area (Å²) in [5, 5.41) is 2.70. The maximum absolute atomic E-state index is 12.3. The number of benzene rings is 1. The van der Waals surface area contributed by atoms with Crippen LogP contribution in [-0.2, 0) is 9.59 Å². The SMILES string of the molecule is C[C@H](NC(=O)COc1ccccc1)C(=O)N1CC[NH+](C)CC1. The third-order valence-corrected chi connectivity index (χ3v) is 3.79. The number of ether oxygens (including phenoxy) is 1. The standard InChI is InChI=1S/C16H23N3O3/c1-13(16(21)19-10-8-18(2)9-11-19)17-15(20)12-22-14-6-4-3-5-7-14/h3-7,13H,8-12H2,1-2H3,(H,17,20)/p+1/t13-/m0/s1. The normalized spacial score (nSPS) is 16.9. The Morgan fingerprint density at radius 3 is 2.55 bits per heavy atom. The quantitative estimate of drug-likeness (QED) is 0.728. The molecule has 1 aliphatic rings. The molecular weight excluding hydrogens is 282 g/mol. The molecule has 0 radical (unpaired) electrons. The molecule has 1 aromatic rings. The number of nitrogens with zero attached hydrogens (tertiary/aromatic N) is 1. The van der Waals surface area contributed by atoms with Crippen LogP contribution in [0.25, 0.3) is 0 Å². The molecule has 0 unspecified atom stereocenters. The first-order valence-electron chi connectivity index (χ1n) is 7.63. The van der Waals surface area contributed by atoms with Gasteiger partial charge in [-0.1, -0.05) is 18.2 Å². The summed E-state index contributed by atoms with van der Waals surface area (Å²) in [7, 11) is 2.12. The van der Waals surface area contributed by atoms with E-state index in [0.29, 0.717) is 5.75 Å². The van der Waals surface area contributed by atoms with Crippen LogP contribution in [0.4, 0.5) is 0 Å². The largest absolute Gasteiger partial charge is 0.484 e. The average Bonchev–Trinajstić information content (AvgIpc) is 2.54. The number of likely N-dealkylation sites (N-methyl/N-ethyl adjacent to an activating group) is 1. The summed E-state index contributed by atoms with van der Waals surface area (Å²) < 4.78 is 5.37. The molecule has 2 rings (SSSR count). The third-order valence-electron chi connectivity index (χ3n) is 3.79. The van der Waals surface area contributed by atoms with E-state index in [0.717, 1.165) is 26.2 Å². The molecule has 0 aromatic heterocycles. The summed E-state index contributed by atoms with van der Waals surface area (Å²) in [5.41, 5.74) is 0. The lowest BCUT2D eigenvalue weighted by atomic mass is 10.2. The molecule has 0 saturated carbocycles. The lowest BCUT2D eigenvalue weighted by molar-refractivity contribution is -0.883. The predicted octanol–water partition coefficient (Wildman–Crippen LogP) is -1.07. The van der Waals surface area contributed by atoms with Crippen LogP contribution in [0.2, 0.25) is 0 Å². The van der Waals surface area contributed by atoms with Crippen LogP contribution in [0, 0.1) is 0 Å². The minimum atomic E-state index is -0.523. The highest BCUT2D eigenvalue weighted by molar-refractivity contribution is 5.87. The molecule has 120 valence electrons. The van der Waals surface area contributed by atoms with Crippen molar-refractivity contribution < 1.29 is 19.2 Å². The maximum Gasteiger partial charge on any atom is 0.258 e. The van der Waals surface area contributed by atoms with Crippen LogP contribution in [-0.4, -0.2) is 62.6 Å². The van der Waals surface area contributed by atoms with Gasteiger partial charge in [0.05, 0.1) is 33.2 Å². The zero-order valence-electron chi connectivity index (χ0n) is 13.2. The van der Waals surface area contributed by atoms with Gasteiger partial charge in [-0.05, 0) is 19.1 Å². The Bertz CT molecular complexity index is 499. The molecule has 0 spiro atoms. The van der Waals surface area contributed by atoms with E-state index in [1.165, 1.54) is 4.90 Å². The van der Waals surface area contributed by atoms with E-state index < -0.39 is 6.04 Å². The van der Waals surface area contributed by atoms with Gasteiger partial charge in [-0.25, -0.2) is 0 Å². The van der Waals surface area contributed by atoms with Gasteiger partial charge in [0.1, 0.15) is 11.8 Å². The molecule has 1 atom stereocenters. The summed E-state index contributed by atoms with van der Waals surface area (Å²) >= 11 is 0. The number of amides is 2. The van der Waals surface area contributed by atoms with Crippen molar-refractivity contribution >= 4 is 11.8 Å². The molecule has 1 heterocycles. The van der Waals surface area contributed by atoms with Crippen molar-refractivity contribution in [1.82, 2.24) is 10.2 Å². The monoisotopic (exact) mass is 306 g/mol. The Labute approximate surface area is 131 Å². The van der Waals surface area contributed by atoms with Crippen molar-refractivity contribution in [2.75, 3.05) is 39.8 Å². The number of carbonyl (C=O) groups is 2. The molecule has 0 bridgehead atoms. The van der Waals surface area contributed by atoms with Crippen LogP contribution in [0.3, 0.4) is 0 Å². The zero-order valence-corrected chi connectivity index (χ0v) is 13.2. The fourth-order valence-corrected chi connectivity index (χ4v) is 2.39. The second-order valence-electron chi connectivity index (χ2n) is 5.67. The molecular formula is C16H24N3O3+. The van der Waals surface area contributed by atoms with Crippen molar-refractivity contribution in [2.24, 2.45) is 0 Å². The van der Waals surface area contributed by atoms with Crippen molar-refractivity contribution in [1.29, 1.82) is 0 Å². The number of hydrogen-bond acceptors (Lipinski definition) is 3. The van der Waals surface area contributed by atoms with Gasteiger partial charge >= 0.3 is 0 Å². The van der Waals surface area contributed by atoms with Gasteiger partial charge in [0, 0.05) is 0 Å². The van der Waals surface area contributed by atoms with Crippen molar-refractivity contribution in [3.8, 4) is 5.75 Å². The summed E-state index contributed by atoms with van der Waals surface area (Å²) in [5.74, 6) is 0.323. The molecule has 2 N–H and O–H groups in total. The third kappa shape index (κ3) is 4.73. The van der Waals surface area contributed by atoms with Crippen molar-refractivity contribution in [3.05, 3.63) is 30.3 Å². The molecule has 6 nitrogen and oxygen atoms in total. The molecule has 6 heteroatoms. The predicted molar refractivity (Wildman–Crippen MR) is 82.7 cm³/mol. The highest BCUT2D eigenvalue weighted by atomic mass is 16.5. The van der Waals surface area contributed by atoms with Gasteiger partial charge in [0.25, 0.3) is 5.91 Å². The summed E-state index contributed by atoms with van der Waals surface area (Å²) in [6.07, 6.45) is 0. The first kappa shape index (κ1) is 16.3. The van der Waals surface area contributed by atoms with Crippen LogP contribution in [0.5, 0.6) is 5.75 Å². The fraction of sp³-hybridized carbons (Fsp3) is 0.500. The summed E-state index contributed by atoms with van der Waals surface area (Å²) in [6.45, 7) is 5.01. The topological polar surface area (TPSA) is 63.1 Å². The average molecular weight is 306 g/mol. The first-order chi connectivity index (χ1) is 10.6. The minimum Gasteiger partial charge on any atom is -0.484 e. The number of carbonyl (C=O) groups excluding carboxylic acids is 2. The van der Waals surface area contributed by atoms with Crippen LogP contribution in [0.15, 0.2) is 30.3 Å². The summed E-state index contributed by atoms with van der Waals surface area (Å²) in [6, 6.07) is 8.61. The highest BCUT2D eigenvalue weighted by Gasteiger charge is 2.26. The van der Waals surface area contributed by atoms with Gasteiger partial charge < -0.3 is 19.9 Å². The number of para-hydroxylation sites is 1. The van der Waals surface area contributed by atoms with Crippen LogP contribution < -0.4 is 15.0 Å². The van der Waals surface area contributed by atoms with E-state index in [9.17, 15) is 9.59 Å². The van der Waals surface area contributed by atoms with E-state index in [4.69, 9.17) is 4.74 Å². The Balaban J connectivity index is 1.74. The maximum atomic E-state index is 12.3. The Kier molecular flexibility index (Phi) is 5.77. The fourth-order valence-electron chi connectivity index (χ4n) is 2.39. The number of hydrogen-bond donors (Lipinski definition) is 2. The Morgan fingerprint density at radius 1 is 1.27 bits per heavy atom. The number of rotatable bonds is 5. The molecule has 0 aliphatic carbocycles. The van der Waals surface area contributed by atoms with Crippen LogP contribution in [0.1, 0.15) is 6.92 Å². The van der Waals surface area contributed by atoms with Crippen LogP contribution >= 0.6 is 0 Å². The van der Waals surface area contributed by atoms with E-state index in [-0.39, 0.29) is 18.4 Å². The van der Waals surface area contributed by atoms with E-state index in [1.807, 2.05) is 23.1 Å². The number of quaternary nitrogens is 1. The lowest BCUT2D eigenvalue weighted by Gasteiger charge is -2.31. The highest BCUT2D eigenvalue weighted by Crippen LogP contribution is 2.07. The summed E-state index contributed by atoms with van der Waals surface area (Å²) in [4.78, 5) is 27.4. The van der Waals surface area contributed by atoms with Crippen molar-refractivity contribution in [2.45, 2.75) is 13.0 Å². The van der Waals surface area contributed by atoms with Gasteiger partial charge in [0.15, 0.2) is 6.61 Å². The van der Waals surface area contributed by atoms with E-state index >= 15 is 0 Å². The molecule has 22 heavy (non-hydrogen) atoms. The molecule has 2 amide bonds. The first-order valence-corrected chi connectivity index (χ1v) is 7.63. The van der Waals surface area contributed by atoms with Gasteiger partial charge in [-0.2, -0.15) is 0 Å². The van der Waals surface area contributed by atoms with Gasteiger partial charge in [0.2, 0.25) is 5.91 Å². The van der Waals surface area contributed by atoms with E-state index in [1.54, 1.807) is 19.1 Å². The molecule has 1 saturated heterocycles. The molecule has 1 aromatic carbocycles. The van der Waals surface area contributed by atoms with Gasteiger partial charge in [-0.15, -0.1) is 0 Å². The second kappa shape index (κ2) is 7.79. The van der Waals surface area contributed by atoms with E-state index in [2.05, 4.69) is 12.4 Å². The zero-order chi connectivity index (χ0) is 15.9. The number of piperazine rings is 1.